The summed E-state index contributed by atoms with van der Waals surface area (Å²) < 4.78 is 37.2. The minimum atomic E-state index is -4.49. The molecule has 1 aliphatic rings. The third-order valence-corrected chi connectivity index (χ3v) is 2.76. The van der Waals surface area contributed by atoms with Crippen LogP contribution >= 0.6 is 0 Å². The lowest BCUT2D eigenvalue weighted by Gasteiger charge is -2.19. The summed E-state index contributed by atoms with van der Waals surface area (Å²) in [5.74, 6) is -0.697. The molecule has 0 saturated carbocycles. The molecule has 2 rings (SSSR count). The molecule has 1 aromatic carbocycles. The first-order valence-corrected chi connectivity index (χ1v) is 5.13. The predicted molar refractivity (Wildman–Crippen MR) is 54.6 cm³/mol. The molecule has 0 amide bonds. The summed E-state index contributed by atoms with van der Waals surface area (Å²) in [5.41, 5.74) is -0.321. The smallest absolute Gasteiger partial charge is 0.419 e. The maximum absolute atomic E-state index is 12.4. The molecule has 0 radical (unpaired) electrons. The van der Waals surface area contributed by atoms with Gasteiger partial charge in [0.05, 0.1) is 5.56 Å². The number of phenolic OH excluding ortho intramolecular Hbond substituents is 1. The van der Waals surface area contributed by atoms with E-state index in [4.69, 9.17) is 0 Å². The average Bonchev–Trinajstić information content (AvgIpc) is 2.68. The van der Waals surface area contributed by atoms with Crippen LogP contribution < -0.4 is 4.90 Å². The van der Waals surface area contributed by atoms with Crippen molar-refractivity contribution in [2.45, 2.75) is 19.0 Å². The fraction of sp³-hybridized carbons (Fsp3) is 0.455. The molecule has 0 aliphatic carbocycles. The zero-order valence-corrected chi connectivity index (χ0v) is 8.59. The van der Waals surface area contributed by atoms with Crippen molar-refractivity contribution in [2.24, 2.45) is 0 Å². The molecule has 88 valence electrons. The zero-order chi connectivity index (χ0) is 11.8. The Hall–Kier alpha value is -1.39. The molecule has 2 nitrogen and oxygen atoms in total. The van der Waals surface area contributed by atoms with Crippen molar-refractivity contribution < 1.29 is 18.3 Å². The molecule has 0 unspecified atom stereocenters. The van der Waals surface area contributed by atoms with Crippen molar-refractivity contribution in [1.29, 1.82) is 0 Å². The molecule has 1 aliphatic heterocycles. The molecule has 1 aromatic rings. The molecule has 0 bridgehead atoms. The first-order chi connectivity index (χ1) is 7.48. The Morgan fingerprint density at radius 1 is 1.12 bits per heavy atom. The molecule has 1 fully saturated rings. The molecule has 1 saturated heterocycles. The highest BCUT2D eigenvalue weighted by Crippen LogP contribution is 2.37. The molecular weight excluding hydrogens is 219 g/mol. The van der Waals surface area contributed by atoms with Crippen LogP contribution in [-0.4, -0.2) is 18.2 Å². The zero-order valence-electron chi connectivity index (χ0n) is 8.59. The van der Waals surface area contributed by atoms with E-state index in [-0.39, 0.29) is 0 Å². The second-order valence-corrected chi connectivity index (χ2v) is 3.89. The van der Waals surface area contributed by atoms with Crippen molar-refractivity contribution in [2.75, 3.05) is 18.0 Å². The van der Waals surface area contributed by atoms with Crippen molar-refractivity contribution >= 4 is 5.69 Å². The van der Waals surface area contributed by atoms with Gasteiger partial charge in [0.25, 0.3) is 0 Å². The van der Waals surface area contributed by atoms with Gasteiger partial charge in [-0.1, -0.05) is 0 Å². The highest BCUT2D eigenvalue weighted by atomic mass is 19.4. The van der Waals surface area contributed by atoms with Crippen LogP contribution in [0.5, 0.6) is 5.75 Å². The third kappa shape index (κ3) is 2.08. The maximum atomic E-state index is 12.4. The number of alkyl halides is 3. The second-order valence-electron chi connectivity index (χ2n) is 3.89. The van der Waals surface area contributed by atoms with Gasteiger partial charge in [0.2, 0.25) is 0 Å². The molecule has 0 spiro atoms. The van der Waals surface area contributed by atoms with Gasteiger partial charge in [-0.05, 0) is 25.0 Å². The number of anilines is 1. The lowest BCUT2D eigenvalue weighted by molar-refractivity contribution is -0.138. The van der Waals surface area contributed by atoms with Gasteiger partial charge >= 0.3 is 6.18 Å². The van der Waals surface area contributed by atoms with Gasteiger partial charge in [0, 0.05) is 24.8 Å². The largest absolute Gasteiger partial charge is 0.507 e. The summed E-state index contributed by atoms with van der Waals surface area (Å²) in [6.07, 6.45) is -2.41. The monoisotopic (exact) mass is 231 g/mol. The molecule has 16 heavy (non-hydrogen) atoms. The lowest BCUT2D eigenvalue weighted by Crippen LogP contribution is -2.17. The second kappa shape index (κ2) is 3.88. The van der Waals surface area contributed by atoms with Gasteiger partial charge in [0.15, 0.2) is 0 Å². The molecule has 1 heterocycles. The minimum Gasteiger partial charge on any atom is -0.507 e. The van der Waals surface area contributed by atoms with Gasteiger partial charge in [-0.2, -0.15) is 13.2 Å². The van der Waals surface area contributed by atoms with E-state index in [1.807, 2.05) is 4.90 Å². The lowest BCUT2D eigenvalue weighted by atomic mass is 10.1. The Morgan fingerprint density at radius 2 is 1.75 bits per heavy atom. The number of benzene rings is 1. The van der Waals surface area contributed by atoms with E-state index in [1.165, 1.54) is 12.1 Å². The van der Waals surface area contributed by atoms with Gasteiger partial charge in [-0.15, -0.1) is 0 Å². The van der Waals surface area contributed by atoms with E-state index < -0.39 is 17.5 Å². The highest BCUT2D eigenvalue weighted by molar-refractivity contribution is 5.54. The van der Waals surface area contributed by atoms with Crippen LogP contribution in [0.2, 0.25) is 0 Å². The predicted octanol–water partition coefficient (Wildman–Crippen LogP) is 3.01. The molecule has 0 atom stereocenters. The third-order valence-electron chi connectivity index (χ3n) is 2.76. The summed E-state index contributed by atoms with van der Waals surface area (Å²) >= 11 is 0. The van der Waals surface area contributed by atoms with E-state index in [2.05, 4.69) is 0 Å². The van der Waals surface area contributed by atoms with E-state index in [1.54, 1.807) is 0 Å². The minimum absolute atomic E-state index is 0.656. The summed E-state index contributed by atoms with van der Waals surface area (Å²) in [5, 5.41) is 9.34. The van der Waals surface area contributed by atoms with Gasteiger partial charge < -0.3 is 10.0 Å². The Kier molecular flexibility index (Phi) is 2.69. The Labute approximate surface area is 91.3 Å². The molecular formula is C11H12F3NO. The van der Waals surface area contributed by atoms with Crippen LogP contribution in [0, 0.1) is 0 Å². The Bertz CT molecular complexity index is 383. The van der Waals surface area contributed by atoms with Gasteiger partial charge in [-0.3, -0.25) is 0 Å². The maximum Gasteiger partial charge on any atom is 0.419 e. The fourth-order valence-corrected chi connectivity index (χ4v) is 1.93. The van der Waals surface area contributed by atoms with E-state index in [0.29, 0.717) is 5.69 Å². The number of rotatable bonds is 1. The van der Waals surface area contributed by atoms with Crippen LogP contribution in [0.4, 0.5) is 18.9 Å². The van der Waals surface area contributed by atoms with Crippen molar-refractivity contribution in [1.82, 2.24) is 0 Å². The summed E-state index contributed by atoms with van der Waals surface area (Å²) in [7, 11) is 0. The number of halogens is 3. The number of phenols is 1. The van der Waals surface area contributed by atoms with Crippen molar-refractivity contribution in [3.63, 3.8) is 0 Å². The first kappa shape index (κ1) is 11.1. The highest BCUT2D eigenvalue weighted by Gasteiger charge is 2.34. The number of hydrogen-bond acceptors (Lipinski definition) is 2. The number of aromatic hydroxyl groups is 1. The quantitative estimate of drug-likeness (QED) is 0.803. The van der Waals surface area contributed by atoms with Crippen LogP contribution in [0.15, 0.2) is 18.2 Å². The topological polar surface area (TPSA) is 23.5 Å². The summed E-state index contributed by atoms with van der Waals surface area (Å²) in [4.78, 5) is 1.97. The molecule has 1 N–H and O–H groups in total. The van der Waals surface area contributed by atoms with Crippen LogP contribution in [-0.2, 0) is 6.18 Å². The first-order valence-electron chi connectivity index (χ1n) is 5.13. The van der Waals surface area contributed by atoms with Crippen molar-refractivity contribution in [3.8, 4) is 5.75 Å². The Balaban J connectivity index is 2.29. The van der Waals surface area contributed by atoms with Crippen LogP contribution in [0.1, 0.15) is 18.4 Å². The normalized spacial score (nSPS) is 16.8. The SMILES string of the molecule is Oc1cc(N2CCCC2)ccc1C(F)(F)F. The number of nitrogens with zero attached hydrogens (tertiary/aromatic N) is 1. The Morgan fingerprint density at radius 3 is 2.25 bits per heavy atom. The van der Waals surface area contributed by atoms with E-state index in [9.17, 15) is 18.3 Å². The van der Waals surface area contributed by atoms with E-state index in [0.717, 1.165) is 32.0 Å². The van der Waals surface area contributed by atoms with Crippen molar-refractivity contribution in [3.05, 3.63) is 23.8 Å². The molecule has 0 aromatic heterocycles. The average molecular weight is 231 g/mol. The van der Waals surface area contributed by atoms with Crippen LogP contribution in [0.3, 0.4) is 0 Å². The van der Waals surface area contributed by atoms with E-state index >= 15 is 0 Å². The van der Waals surface area contributed by atoms with Crippen LogP contribution in [0.25, 0.3) is 0 Å². The fourth-order valence-electron chi connectivity index (χ4n) is 1.93. The number of hydrogen-bond donors (Lipinski definition) is 1. The van der Waals surface area contributed by atoms with Gasteiger partial charge in [0.1, 0.15) is 5.75 Å². The summed E-state index contributed by atoms with van der Waals surface area (Å²) in [6, 6.07) is 3.53. The van der Waals surface area contributed by atoms with Gasteiger partial charge in [-0.25, -0.2) is 0 Å². The molecule has 5 heteroatoms. The summed E-state index contributed by atoms with van der Waals surface area (Å²) in [6.45, 7) is 1.68. The standard InChI is InChI=1S/C11H12F3NO/c12-11(13,14)9-4-3-8(7-10(9)16)15-5-1-2-6-15/h3-4,7,16H,1-2,5-6H2.